The third kappa shape index (κ3) is 3.08. The Morgan fingerprint density at radius 3 is 3.00 bits per heavy atom. The van der Waals surface area contributed by atoms with Crippen LogP contribution in [0.25, 0.3) is 0 Å². The lowest BCUT2D eigenvalue weighted by atomic mass is 10.2. The molecular formula is C9H17N3O2. The highest BCUT2D eigenvalue weighted by Gasteiger charge is 2.13. The molecule has 0 fully saturated rings. The van der Waals surface area contributed by atoms with Crippen molar-refractivity contribution in [2.75, 3.05) is 13.7 Å². The summed E-state index contributed by atoms with van der Waals surface area (Å²) < 4.78 is 9.91. The van der Waals surface area contributed by atoms with Gasteiger partial charge in [-0.15, -0.1) is 0 Å². The first-order chi connectivity index (χ1) is 6.77. The maximum absolute atomic E-state index is 5.73. The molecule has 0 spiro atoms. The van der Waals surface area contributed by atoms with E-state index in [-0.39, 0.29) is 6.04 Å². The van der Waals surface area contributed by atoms with Crippen molar-refractivity contribution in [2.24, 2.45) is 5.73 Å². The van der Waals surface area contributed by atoms with Crippen LogP contribution in [0.4, 0.5) is 0 Å². The van der Waals surface area contributed by atoms with E-state index in [1.54, 1.807) is 7.11 Å². The van der Waals surface area contributed by atoms with Crippen LogP contribution in [0.1, 0.15) is 37.5 Å². The minimum atomic E-state index is -0.317. The summed E-state index contributed by atoms with van der Waals surface area (Å²) in [7, 11) is 1.59. The van der Waals surface area contributed by atoms with Gasteiger partial charge in [0.2, 0.25) is 5.89 Å². The fraction of sp³-hybridized carbons (Fsp3) is 0.778. The Hall–Kier alpha value is -0.940. The summed E-state index contributed by atoms with van der Waals surface area (Å²) in [5.41, 5.74) is 5.73. The second kappa shape index (κ2) is 5.72. The molecule has 2 N–H and O–H groups in total. The highest BCUT2D eigenvalue weighted by Crippen LogP contribution is 2.08. The van der Waals surface area contributed by atoms with Crippen molar-refractivity contribution < 1.29 is 9.26 Å². The van der Waals surface area contributed by atoms with Gasteiger partial charge < -0.3 is 15.0 Å². The molecule has 0 bridgehead atoms. The van der Waals surface area contributed by atoms with Crippen molar-refractivity contribution in [3.05, 3.63) is 11.7 Å². The average Bonchev–Trinajstić information content (AvgIpc) is 2.63. The Bertz CT molecular complexity index is 262. The van der Waals surface area contributed by atoms with Gasteiger partial charge in [-0.1, -0.05) is 18.5 Å². The van der Waals surface area contributed by atoms with Gasteiger partial charge in [0.15, 0.2) is 5.82 Å². The summed E-state index contributed by atoms with van der Waals surface area (Å²) >= 11 is 0. The van der Waals surface area contributed by atoms with Crippen LogP contribution >= 0.6 is 0 Å². The number of nitrogens with two attached hydrogens (primary N) is 1. The van der Waals surface area contributed by atoms with Crippen LogP contribution in [0.2, 0.25) is 0 Å². The Labute approximate surface area is 83.6 Å². The zero-order chi connectivity index (χ0) is 10.4. The highest BCUT2D eigenvalue weighted by atomic mass is 16.5. The molecule has 80 valence electrons. The number of nitrogens with zero attached hydrogens (tertiary/aromatic N) is 2. The number of aromatic nitrogens is 2. The summed E-state index contributed by atoms with van der Waals surface area (Å²) in [5, 5.41) is 3.84. The number of hydrogen-bond acceptors (Lipinski definition) is 5. The van der Waals surface area contributed by atoms with E-state index < -0.39 is 0 Å². The molecule has 1 rings (SSSR count). The number of hydrogen-bond donors (Lipinski definition) is 1. The van der Waals surface area contributed by atoms with Crippen molar-refractivity contribution in [2.45, 2.75) is 32.2 Å². The largest absolute Gasteiger partial charge is 0.383 e. The van der Waals surface area contributed by atoms with E-state index in [2.05, 4.69) is 17.1 Å². The first-order valence-corrected chi connectivity index (χ1v) is 4.85. The second-order valence-corrected chi connectivity index (χ2v) is 3.21. The lowest BCUT2D eigenvalue weighted by Gasteiger charge is -2.02. The van der Waals surface area contributed by atoms with Crippen LogP contribution in [-0.4, -0.2) is 23.9 Å². The maximum atomic E-state index is 5.73. The van der Waals surface area contributed by atoms with Crippen molar-refractivity contribution in [1.82, 2.24) is 10.1 Å². The van der Waals surface area contributed by atoms with Crippen LogP contribution in [0.5, 0.6) is 0 Å². The molecule has 0 amide bonds. The molecule has 0 aliphatic rings. The van der Waals surface area contributed by atoms with Crippen LogP contribution in [-0.2, 0) is 11.2 Å². The smallest absolute Gasteiger partial charge is 0.245 e. The summed E-state index contributed by atoms with van der Waals surface area (Å²) in [6.45, 7) is 2.52. The van der Waals surface area contributed by atoms with Gasteiger partial charge in [-0.25, -0.2) is 0 Å². The van der Waals surface area contributed by atoms with E-state index in [0.29, 0.717) is 12.5 Å². The van der Waals surface area contributed by atoms with Gasteiger partial charge in [0.1, 0.15) is 6.04 Å². The Kier molecular flexibility index (Phi) is 4.55. The highest BCUT2D eigenvalue weighted by molar-refractivity contribution is 4.91. The van der Waals surface area contributed by atoms with Gasteiger partial charge in [-0.05, 0) is 6.42 Å². The lowest BCUT2D eigenvalue weighted by molar-refractivity contribution is 0.166. The van der Waals surface area contributed by atoms with E-state index in [9.17, 15) is 0 Å². The van der Waals surface area contributed by atoms with Crippen LogP contribution in [0.3, 0.4) is 0 Å². The molecule has 1 aromatic heterocycles. The van der Waals surface area contributed by atoms with Gasteiger partial charge in [0.05, 0.1) is 6.61 Å². The molecule has 5 heteroatoms. The number of ether oxygens (including phenoxy) is 1. The molecule has 0 aromatic carbocycles. The predicted molar refractivity (Wildman–Crippen MR) is 51.7 cm³/mol. The van der Waals surface area contributed by atoms with Gasteiger partial charge in [-0.3, -0.25) is 0 Å². The first-order valence-electron chi connectivity index (χ1n) is 4.85. The van der Waals surface area contributed by atoms with Gasteiger partial charge in [0.25, 0.3) is 0 Å². The molecule has 0 saturated carbocycles. The molecule has 1 heterocycles. The number of rotatable bonds is 6. The monoisotopic (exact) mass is 199 g/mol. The summed E-state index contributed by atoms with van der Waals surface area (Å²) in [5.74, 6) is 1.19. The third-order valence-corrected chi connectivity index (χ3v) is 1.90. The van der Waals surface area contributed by atoms with Crippen molar-refractivity contribution in [3.63, 3.8) is 0 Å². The standard InChI is InChI=1S/C9H17N3O2/c1-3-4-5-8-11-9(14-12-8)7(10)6-13-2/h7H,3-6,10H2,1-2H3. The average molecular weight is 199 g/mol. The van der Waals surface area contributed by atoms with Crippen LogP contribution in [0, 0.1) is 0 Å². The first kappa shape index (κ1) is 11.1. The van der Waals surface area contributed by atoms with E-state index in [1.807, 2.05) is 0 Å². The number of aryl methyl sites for hydroxylation is 1. The summed E-state index contributed by atoms with van der Waals surface area (Å²) in [6, 6.07) is -0.317. The minimum Gasteiger partial charge on any atom is -0.383 e. The molecule has 1 atom stereocenters. The molecule has 5 nitrogen and oxygen atoms in total. The zero-order valence-corrected chi connectivity index (χ0v) is 8.69. The van der Waals surface area contributed by atoms with Crippen molar-refractivity contribution >= 4 is 0 Å². The molecule has 14 heavy (non-hydrogen) atoms. The van der Waals surface area contributed by atoms with Gasteiger partial charge in [0, 0.05) is 13.5 Å². The van der Waals surface area contributed by atoms with E-state index >= 15 is 0 Å². The molecule has 1 aromatic rings. The fourth-order valence-corrected chi connectivity index (χ4v) is 1.11. The quantitative estimate of drug-likeness (QED) is 0.741. The number of unbranched alkanes of at least 4 members (excludes halogenated alkanes) is 1. The normalized spacial score (nSPS) is 13.1. The second-order valence-electron chi connectivity index (χ2n) is 3.21. The van der Waals surface area contributed by atoms with E-state index in [0.717, 1.165) is 25.1 Å². The minimum absolute atomic E-state index is 0.317. The van der Waals surface area contributed by atoms with E-state index in [4.69, 9.17) is 15.0 Å². The topological polar surface area (TPSA) is 74.2 Å². The lowest BCUT2D eigenvalue weighted by Crippen LogP contribution is -2.16. The Balaban J connectivity index is 2.49. The summed E-state index contributed by atoms with van der Waals surface area (Å²) in [6.07, 6.45) is 3.03. The Morgan fingerprint density at radius 2 is 2.36 bits per heavy atom. The van der Waals surface area contributed by atoms with Gasteiger partial charge >= 0.3 is 0 Å². The molecule has 1 unspecified atom stereocenters. The van der Waals surface area contributed by atoms with Crippen LogP contribution < -0.4 is 5.73 Å². The van der Waals surface area contributed by atoms with Crippen molar-refractivity contribution in [1.29, 1.82) is 0 Å². The molecule has 0 aliphatic heterocycles. The Morgan fingerprint density at radius 1 is 1.57 bits per heavy atom. The SMILES string of the molecule is CCCCc1noc(C(N)COC)n1. The molecular weight excluding hydrogens is 182 g/mol. The van der Waals surface area contributed by atoms with Gasteiger partial charge in [-0.2, -0.15) is 4.98 Å². The van der Waals surface area contributed by atoms with Crippen LogP contribution in [0.15, 0.2) is 4.52 Å². The summed E-state index contributed by atoms with van der Waals surface area (Å²) in [4.78, 5) is 4.18. The van der Waals surface area contributed by atoms with E-state index in [1.165, 1.54) is 0 Å². The molecule has 0 aliphatic carbocycles. The fourth-order valence-electron chi connectivity index (χ4n) is 1.11. The maximum Gasteiger partial charge on any atom is 0.245 e. The van der Waals surface area contributed by atoms with Crippen molar-refractivity contribution in [3.8, 4) is 0 Å². The number of methoxy groups -OCH3 is 1. The molecule has 0 radical (unpaired) electrons. The zero-order valence-electron chi connectivity index (χ0n) is 8.69. The third-order valence-electron chi connectivity index (χ3n) is 1.90. The predicted octanol–water partition coefficient (Wildman–Crippen LogP) is 1.06. The molecule has 0 saturated heterocycles.